The van der Waals surface area contributed by atoms with E-state index in [1.54, 1.807) is 13.0 Å². The molecule has 1 aliphatic heterocycles. The van der Waals surface area contributed by atoms with Crippen LogP contribution in [0.4, 0.5) is 24.5 Å². The molecular weight excluding hydrogens is 389 g/mol. The van der Waals surface area contributed by atoms with E-state index in [9.17, 15) is 13.2 Å². The van der Waals surface area contributed by atoms with Crippen molar-refractivity contribution in [1.29, 1.82) is 5.53 Å². The van der Waals surface area contributed by atoms with E-state index >= 15 is 0 Å². The highest BCUT2D eigenvalue weighted by Crippen LogP contribution is 2.38. The standard InChI is InChI=1S/C20H20ClF3N4/c1-12(16-4-3-15(21)11-17(16)20(22,23)24)27-19-10-14(2-5-18(19)28-25)13-6-8-26-9-7-13/h2-6,10-12,25-27H,7-9H2,1H3/t12-/m1/s1. The molecule has 3 rings (SSSR count). The van der Waals surface area contributed by atoms with Gasteiger partial charge in [0.2, 0.25) is 0 Å². The smallest absolute Gasteiger partial charge is 0.377 e. The minimum Gasteiger partial charge on any atom is -0.377 e. The second kappa shape index (κ2) is 8.32. The fourth-order valence-corrected chi connectivity index (χ4v) is 3.47. The van der Waals surface area contributed by atoms with Crippen molar-refractivity contribution in [3.05, 3.63) is 64.2 Å². The molecule has 1 heterocycles. The van der Waals surface area contributed by atoms with Gasteiger partial charge in [0.25, 0.3) is 0 Å². The summed E-state index contributed by atoms with van der Waals surface area (Å²) < 4.78 is 40.3. The summed E-state index contributed by atoms with van der Waals surface area (Å²) in [5, 5.41) is 9.87. The van der Waals surface area contributed by atoms with Gasteiger partial charge < -0.3 is 10.6 Å². The number of nitrogens with zero attached hydrogens (tertiary/aromatic N) is 1. The highest BCUT2D eigenvalue weighted by molar-refractivity contribution is 6.30. The van der Waals surface area contributed by atoms with Crippen molar-refractivity contribution in [2.24, 2.45) is 5.11 Å². The van der Waals surface area contributed by atoms with Gasteiger partial charge in [-0.1, -0.05) is 29.8 Å². The number of benzene rings is 2. The van der Waals surface area contributed by atoms with Crippen molar-refractivity contribution >= 4 is 28.5 Å². The molecule has 0 amide bonds. The Labute approximate surface area is 166 Å². The molecule has 0 unspecified atom stereocenters. The molecule has 0 spiro atoms. The third-order valence-corrected chi connectivity index (χ3v) is 4.95. The van der Waals surface area contributed by atoms with E-state index in [1.807, 2.05) is 12.1 Å². The topological polar surface area (TPSA) is 60.3 Å². The van der Waals surface area contributed by atoms with Crippen LogP contribution in [0.3, 0.4) is 0 Å². The molecule has 28 heavy (non-hydrogen) atoms. The van der Waals surface area contributed by atoms with Crippen molar-refractivity contribution in [2.45, 2.75) is 25.6 Å². The number of nitrogens with one attached hydrogen (secondary N) is 3. The van der Waals surface area contributed by atoms with Crippen LogP contribution in [0.15, 0.2) is 47.6 Å². The van der Waals surface area contributed by atoms with Crippen LogP contribution < -0.4 is 10.6 Å². The average Bonchev–Trinajstić information content (AvgIpc) is 2.67. The van der Waals surface area contributed by atoms with Crippen molar-refractivity contribution < 1.29 is 13.2 Å². The van der Waals surface area contributed by atoms with E-state index in [2.05, 4.69) is 21.8 Å². The summed E-state index contributed by atoms with van der Waals surface area (Å²) in [4.78, 5) is 0. The van der Waals surface area contributed by atoms with Crippen molar-refractivity contribution in [3.8, 4) is 0 Å². The molecule has 2 aromatic rings. The molecule has 3 N–H and O–H groups in total. The zero-order valence-electron chi connectivity index (χ0n) is 15.2. The molecule has 1 aliphatic rings. The van der Waals surface area contributed by atoms with Crippen LogP contribution in [0.2, 0.25) is 5.02 Å². The van der Waals surface area contributed by atoms with E-state index in [0.29, 0.717) is 11.4 Å². The molecule has 148 valence electrons. The summed E-state index contributed by atoms with van der Waals surface area (Å²) in [7, 11) is 0. The van der Waals surface area contributed by atoms with Crippen molar-refractivity contribution in [2.75, 3.05) is 18.4 Å². The van der Waals surface area contributed by atoms with E-state index < -0.39 is 17.8 Å². The maximum absolute atomic E-state index is 13.4. The minimum absolute atomic E-state index is 0.0324. The zero-order valence-corrected chi connectivity index (χ0v) is 16.0. The van der Waals surface area contributed by atoms with Crippen LogP contribution in [-0.4, -0.2) is 13.1 Å². The summed E-state index contributed by atoms with van der Waals surface area (Å²) in [5.41, 5.74) is 9.70. The molecule has 8 heteroatoms. The van der Waals surface area contributed by atoms with Gasteiger partial charge in [0.1, 0.15) is 5.69 Å². The summed E-state index contributed by atoms with van der Waals surface area (Å²) in [6.45, 7) is 3.29. The number of alkyl halides is 3. The highest BCUT2D eigenvalue weighted by Gasteiger charge is 2.35. The summed E-state index contributed by atoms with van der Waals surface area (Å²) in [6.07, 6.45) is -1.56. The molecule has 4 nitrogen and oxygen atoms in total. The van der Waals surface area contributed by atoms with E-state index in [-0.39, 0.29) is 10.6 Å². The fraction of sp³-hybridized carbons (Fsp3) is 0.300. The third-order valence-electron chi connectivity index (χ3n) is 4.71. The lowest BCUT2D eigenvalue weighted by atomic mass is 9.98. The van der Waals surface area contributed by atoms with Crippen LogP contribution in [0.5, 0.6) is 0 Å². The first-order chi connectivity index (χ1) is 13.3. The average molecular weight is 409 g/mol. The number of hydrogen-bond donors (Lipinski definition) is 3. The fourth-order valence-electron chi connectivity index (χ4n) is 3.30. The molecule has 2 aromatic carbocycles. The molecular formula is C20H20ClF3N4. The molecule has 0 aromatic heterocycles. The Bertz CT molecular complexity index is 909. The Morgan fingerprint density at radius 3 is 2.64 bits per heavy atom. The van der Waals surface area contributed by atoms with Gasteiger partial charge in [-0.15, -0.1) is 0 Å². The maximum Gasteiger partial charge on any atom is 0.416 e. The van der Waals surface area contributed by atoms with Crippen LogP contribution in [0.1, 0.15) is 36.1 Å². The van der Waals surface area contributed by atoms with Crippen LogP contribution in [-0.2, 0) is 6.18 Å². The summed E-state index contributed by atoms with van der Waals surface area (Å²) in [6, 6.07) is 8.50. The second-order valence-electron chi connectivity index (χ2n) is 6.62. The Morgan fingerprint density at radius 2 is 2.00 bits per heavy atom. The molecule has 1 atom stereocenters. The first-order valence-electron chi connectivity index (χ1n) is 8.84. The number of anilines is 1. The van der Waals surface area contributed by atoms with Gasteiger partial charge in [0.05, 0.1) is 11.3 Å². The van der Waals surface area contributed by atoms with Gasteiger partial charge in [-0.3, -0.25) is 0 Å². The largest absolute Gasteiger partial charge is 0.416 e. The Hall–Kier alpha value is -2.38. The van der Waals surface area contributed by atoms with Gasteiger partial charge in [-0.2, -0.15) is 18.3 Å². The van der Waals surface area contributed by atoms with Crippen molar-refractivity contribution in [1.82, 2.24) is 5.32 Å². The summed E-state index contributed by atoms with van der Waals surface area (Å²) in [5.74, 6) is 0. The lowest BCUT2D eigenvalue weighted by Gasteiger charge is -2.22. The first kappa shape index (κ1) is 20.4. The van der Waals surface area contributed by atoms with Gasteiger partial charge >= 0.3 is 6.18 Å². The predicted molar refractivity (Wildman–Crippen MR) is 105 cm³/mol. The highest BCUT2D eigenvalue weighted by atomic mass is 35.5. The summed E-state index contributed by atoms with van der Waals surface area (Å²) >= 11 is 5.77. The van der Waals surface area contributed by atoms with Crippen LogP contribution in [0, 0.1) is 5.53 Å². The SMILES string of the molecule is C[C@@H](Nc1cc(C2=CCNCC2)ccc1N=N)c1ccc(Cl)cc1C(F)(F)F. The van der Waals surface area contributed by atoms with E-state index in [1.165, 1.54) is 12.1 Å². The van der Waals surface area contributed by atoms with E-state index in [4.69, 9.17) is 17.1 Å². The molecule has 0 fully saturated rings. The monoisotopic (exact) mass is 408 g/mol. The number of halogens is 4. The zero-order chi connectivity index (χ0) is 20.3. The van der Waals surface area contributed by atoms with Gasteiger partial charge in [-0.05, 0) is 60.9 Å². The first-order valence-corrected chi connectivity index (χ1v) is 9.22. The molecule has 0 bridgehead atoms. The van der Waals surface area contributed by atoms with Crippen LogP contribution >= 0.6 is 11.6 Å². The molecule has 0 aliphatic carbocycles. The van der Waals surface area contributed by atoms with Gasteiger partial charge in [0.15, 0.2) is 0 Å². The number of rotatable bonds is 5. The van der Waals surface area contributed by atoms with Gasteiger partial charge in [-0.25, -0.2) is 5.53 Å². The second-order valence-corrected chi connectivity index (χ2v) is 7.06. The predicted octanol–water partition coefficient (Wildman–Crippen LogP) is 6.57. The molecule has 0 saturated carbocycles. The maximum atomic E-state index is 13.4. The third kappa shape index (κ3) is 4.54. The number of hydrogen-bond acceptors (Lipinski definition) is 4. The normalized spacial score (nSPS) is 15.7. The Balaban J connectivity index is 1.95. The van der Waals surface area contributed by atoms with E-state index in [0.717, 1.165) is 36.7 Å². The lowest BCUT2D eigenvalue weighted by molar-refractivity contribution is -0.138. The minimum atomic E-state index is -4.51. The van der Waals surface area contributed by atoms with Crippen LogP contribution in [0.25, 0.3) is 5.57 Å². The van der Waals surface area contributed by atoms with Gasteiger partial charge in [0, 0.05) is 17.6 Å². The molecule has 0 radical (unpaired) electrons. The van der Waals surface area contributed by atoms with Crippen molar-refractivity contribution in [3.63, 3.8) is 0 Å². The Kier molecular flexibility index (Phi) is 6.05. The quantitative estimate of drug-likeness (QED) is 0.490. The lowest BCUT2D eigenvalue weighted by Crippen LogP contribution is -2.20. The molecule has 0 saturated heterocycles. The Morgan fingerprint density at radius 1 is 1.21 bits per heavy atom.